The van der Waals surface area contributed by atoms with Crippen LogP contribution in [0.4, 0.5) is 5.00 Å². The third-order valence-corrected chi connectivity index (χ3v) is 5.88. The minimum atomic E-state index is -0.545. The van der Waals surface area contributed by atoms with Gasteiger partial charge in [-0.15, -0.1) is 11.3 Å². The standard InChI is InChI=1S/C21H21N3O2S/c1-12(2)14-8-6-13(7-9-14)10-15(11-22)20(26)24-21-18(19(23)25)16-4-3-5-17(16)27-21/h6-10,12H,3-5H2,1-2H3,(H2,23,25)(H,24,26). The minimum Gasteiger partial charge on any atom is -0.365 e. The normalized spacial score (nSPS) is 13.3. The van der Waals surface area contributed by atoms with Gasteiger partial charge in [-0.2, -0.15) is 5.26 Å². The number of nitrogens with two attached hydrogens (primary N) is 1. The molecule has 138 valence electrons. The Balaban J connectivity index is 1.84. The fourth-order valence-corrected chi connectivity index (χ4v) is 4.51. The summed E-state index contributed by atoms with van der Waals surface area (Å²) in [5.41, 5.74) is 8.79. The van der Waals surface area contributed by atoms with Gasteiger partial charge in [0.2, 0.25) is 0 Å². The predicted molar refractivity (Wildman–Crippen MR) is 108 cm³/mol. The largest absolute Gasteiger partial charge is 0.365 e. The molecule has 1 aromatic carbocycles. The van der Waals surface area contributed by atoms with E-state index >= 15 is 0 Å². The third-order valence-electron chi connectivity index (χ3n) is 4.67. The lowest BCUT2D eigenvalue weighted by atomic mass is 10.0. The zero-order chi connectivity index (χ0) is 19.6. The molecule has 1 heterocycles. The maximum Gasteiger partial charge on any atom is 0.266 e. The summed E-state index contributed by atoms with van der Waals surface area (Å²) in [5.74, 6) is -0.668. The number of hydrogen-bond acceptors (Lipinski definition) is 4. The molecule has 0 bridgehead atoms. The van der Waals surface area contributed by atoms with Crippen molar-refractivity contribution in [2.75, 3.05) is 5.32 Å². The van der Waals surface area contributed by atoms with Crippen LogP contribution in [0.2, 0.25) is 0 Å². The molecule has 0 spiro atoms. The lowest BCUT2D eigenvalue weighted by molar-refractivity contribution is -0.112. The van der Waals surface area contributed by atoms with E-state index in [0.717, 1.165) is 35.3 Å². The number of fused-ring (bicyclic) bond motifs is 1. The zero-order valence-corrected chi connectivity index (χ0v) is 16.2. The summed E-state index contributed by atoms with van der Waals surface area (Å²) in [5, 5.41) is 12.6. The first-order valence-electron chi connectivity index (χ1n) is 8.88. The van der Waals surface area contributed by atoms with Gasteiger partial charge < -0.3 is 11.1 Å². The highest BCUT2D eigenvalue weighted by Crippen LogP contribution is 2.39. The summed E-state index contributed by atoms with van der Waals surface area (Å²) in [6, 6.07) is 9.68. The van der Waals surface area contributed by atoms with Crippen molar-refractivity contribution in [2.24, 2.45) is 5.73 Å². The zero-order valence-electron chi connectivity index (χ0n) is 15.3. The number of rotatable bonds is 5. The van der Waals surface area contributed by atoms with Gasteiger partial charge in [0, 0.05) is 4.88 Å². The average molecular weight is 379 g/mol. The van der Waals surface area contributed by atoms with Crippen molar-refractivity contribution in [3.63, 3.8) is 0 Å². The van der Waals surface area contributed by atoms with Crippen molar-refractivity contribution in [1.82, 2.24) is 0 Å². The van der Waals surface area contributed by atoms with Crippen LogP contribution in [0.25, 0.3) is 6.08 Å². The highest BCUT2D eigenvalue weighted by atomic mass is 32.1. The van der Waals surface area contributed by atoms with Crippen LogP contribution >= 0.6 is 11.3 Å². The molecule has 0 unspecified atom stereocenters. The Morgan fingerprint density at radius 1 is 1.26 bits per heavy atom. The first-order valence-corrected chi connectivity index (χ1v) is 9.69. The molecular weight excluding hydrogens is 358 g/mol. The van der Waals surface area contributed by atoms with Gasteiger partial charge >= 0.3 is 0 Å². The Hall–Kier alpha value is -2.91. The van der Waals surface area contributed by atoms with Gasteiger partial charge in [-0.1, -0.05) is 38.1 Å². The van der Waals surface area contributed by atoms with Crippen molar-refractivity contribution in [3.05, 3.63) is 57.0 Å². The minimum absolute atomic E-state index is 0.0173. The van der Waals surface area contributed by atoms with E-state index in [2.05, 4.69) is 19.2 Å². The molecule has 3 N–H and O–H groups in total. The van der Waals surface area contributed by atoms with Crippen molar-refractivity contribution in [1.29, 1.82) is 5.26 Å². The van der Waals surface area contributed by atoms with Gasteiger partial charge in [0.15, 0.2) is 0 Å². The molecule has 1 aliphatic rings. The molecule has 0 saturated heterocycles. The Labute approximate surface area is 162 Å². The first-order chi connectivity index (χ1) is 12.9. The molecule has 0 saturated carbocycles. The van der Waals surface area contributed by atoms with E-state index in [-0.39, 0.29) is 5.57 Å². The third kappa shape index (κ3) is 3.93. The van der Waals surface area contributed by atoms with Crippen LogP contribution in [0.3, 0.4) is 0 Å². The van der Waals surface area contributed by atoms with E-state index in [1.54, 1.807) is 6.08 Å². The highest BCUT2D eigenvalue weighted by molar-refractivity contribution is 7.17. The number of primary amides is 1. The number of thiophene rings is 1. The second-order valence-corrected chi connectivity index (χ2v) is 7.98. The smallest absolute Gasteiger partial charge is 0.266 e. The van der Waals surface area contributed by atoms with E-state index in [4.69, 9.17) is 5.73 Å². The fraction of sp³-hybridized carbons (Fsp3) is 0.286. The molecule has 1 aliphatic carbocycles. The molecule has 3 rings (SSSR count). The molecule has 0 fully saturated rings. The summed E-state index contributed by atoms with van der Waals surface area (Å²) in [6.45, 7) is 4.21. The number of benzene rings is 1. The summed E-state index contributed by atoms with van der Waals surface area (Å²) in [6.07, 6.45) is 4.22. The number of hydrogen-bond donors (Lipinski definition) is 2. The van der Waals surface area contributed by atoms with E-state index in [1.165, 1.54) is 16.9 Å². The lowest BCUT2D eigenvalue weighted by Crippen LogP contribution is -2.18. The van der Waals surface area contributed by atoms with Crippen molar-refractivity contribution in [2.45, 2.75) is 39.0 Å². The number of anilines is 1. The molecule has 27 heavy (non-hydrogen) atoms. The predicted octanol–water partition coefficient (Wildman–Crippen LogP) is 4.00. The van der Waals surface area contributed by atoms with Gasteiger partial charge in [0.25, 0.3) is 11.8 Å². The number of carbonyl (C=O) groups is 2. The van der Waals surface area contributed by atoms with E-state index in [1.807, 2.05) is 30.3 Å². The van der Waals surface area contributed by atoms with Crippen molar-refractivity contribution in [3.8, 4) is 6.07 Å². The topological polar surface area (TPSA) is 96.0 Å². The molecule has 2 aromatic rings. The highest BCUT2D eigenvalue weighted by Gasteiger charge is 2.26. The van der Waals surface area contributed by atoms with Crippen LogP contribution in [-0.4, -0.2) is 11.8 Å². The fourth-order valence-electron chi connectivity index (χ4n) is 3.22. The molecule has 5 nitrogen and oxygen atoms in total. The molecule has 6 heteroatoms. The first kappa shape index (κ1) is 18.9. The Bertz CT molecular complexity index is 963. The number of aryl methyl sites for hydroxylation is 1. The lowest BCUT2D eigenvalue weighted by Gasteiger charge is -2.06. The number of nitrogens with zero attached hydrogens (tertiary/aromatic N) is 1. The Kier molecular flexibility index (Phi) is 5.43. The van der Waals surface area contributed by atoms with Crippen molar-refractivity contribution >= 4 is 34.2 Å². The maximum atomic E-state index is 12.6. The number of nitrogens with one attached hydrogen (secondary N) is 1. The van der Waals surface area contributed by atoms with Crippen LogP contribution < -0.4 is 11.1 Å². The molecule has 0 radical (unpaired) electrons. The van der Waals surface area contributed by atoms with Gasteiger partial charge in [-0.05, 0) is 47.9 Å². The molecule has 2 amide bonds. The average Bonchev–Trinajstić information content (AvgIpc) is 3.20. The van der Waals surface area contributed by atoms with E-state index < -0.39 is 11.8 Å². The summed E-state index contributed by atoms with van der Waals surface area (Å²) >= 11 is 1.38. The van der Waals surface area contributed by atoms with Crippen LogP contribution in [-0.2, 0) is 17.6 Å². The van der Waals surface area contributed by atoms with Crippen LogP contribution in [0.1, 0.15) is 58.1 Å². The molecule has 0 atom stereocenters. The van der Waals surface area contributed by atoms with E-state index in [0.29, 0.717) is 16.5 Å². The number of amides is 2. The Morgan fingerprint density at radius 3 is 2.56 bits per heavy atom. The second kappa shape index (κ2) is 7.77. The van der Waals surface area contributed by atoms with Gasteiger partial charge in [0.05, 0.1) is 5.56 Å². The summed E-state index contributed by atoms with van der Waals surface area (Å²) in [4.78, 5) is 25.5. The SMILES string of the molecule is CC(C)c1ccc(C=C(C#N)C(=O)Nc2sc3c(c2C(N)=O)CCC3)cc1. The number of nitriles is 1. The number of carbonyl (C=O) groups excluding carboxylic acids is 2. The van der Waals surface area contributed by atoms with Gasteiger partial charge in [-0.25, -0.2) is 0 Å². The molecule has 1 aromatic heterocycles. The van der Waals surface area contributed by atoms with Gasteiger partial charge in [0.1, 0.15) is 16.6 Å². The second-order valence-electron chi connectivity index (χ2n) is 6.87. The monoisotopic (exact) mass is 379 g/mol. The van der Waals surface area contributed by atoms with Crippen molar-refractivity contribution < 1.29 is 9.59 Å². The van der Waals surface area contributed by atoms with Gasteiger partial charge in [-0.3, -0.25) is 9.59 Å². The Morgan fingerprint density at radius 2 is 1.96 bits per heavy atom. The summed E-state index contributed by atoms with van der Waals surface area (Å²) in [7, 11) is 0. The molecular formula is C21H21N3O2S. The maximum absolute atomic E-state index is 12.6. The van der Waals surface area contributed by atoms with Crippen LogP contribution in [0.5, 0.6) is 0 Å². The van der Waals surface area contributed by atoms with Crippen LogP contribution in [0.15, 0.2) is 29.8 Å². The van der Waals surface area contributed by atoms with Crippen LogP contribution in [0, 0.1) is 11.3 Å². The quantitative estimate of drug-likeness (QED) is 0.607. The van der Waals surface area contributed by atoms with E-state index in [9.17, 15) is 14.9 Å². The molecule has 0 aliphatic heterocycles. The summed E-state index contributed by atoms with van der Waals surface area (Å²) < 4.78 is 0.